The highest BCUT2D eigenvalue weighted by molar-refractivity contribution is 5.71. The molecule has 0 rings (SSSR count). The topological polar surface area (TPSA) is 78.9 Å². The highest BCUT2D eigenvalue weighted by Crippen LogP contribution is 2.11. The van der Waals surface area contributed by atoms with Crippen LogP contribution in [0.3, 0.4) is 0 Å². The summed E-state index contributed by atoms with van der Waals surface area (Å²) in [5.41, 5.74) is 0. The molecule has 0 aromatic carbocycles. The summed E-state index contributed by atoms with van der Waals surface area (Å²) in [4.78, 5) is 37.9. The molecule has 0 fully saturated rings. The molecule has 0 N–H and O–H groups in total. The second kappa shape index (κ2) is 51.4. The van der Waals surface area contributed by atoms with Gasteiger partial charge in [0.2, 0.25) is 0 Å². The van der Waals surface area contributed by atoms with Crippen LogP contribution in [0.4, 0.5) is 0 Å². The van der Waals surface area contributed by atoms with Gasteiger partial charge < -0.3 is 14.2 Å². The Morgan fingerprint density at radius 2 is 0.641 bits per heavy atom. The van der Waals surface area contributed by atoms with Crippen LogP contribution in [0.1, 0.15) is 207 Å². The number of hydrogen-bond acceptors (Lipinski definition) is 6. The first-order chi connectivity index (χ1) is 31.5. The number of rotatable bonds is 44. The third kappa shape index (κ3) is 48.8. The Balaban J connectivity index is 4.55. The molecule has 0 saturated carbocycles. The third-order valence-electron chi connectivity index (χ3n) is 10.2. The van der Waals surface area contributed by atoms with Gasteiger partial charge >= 0.3 is 17.9 Å². The Morgan fingerprint density at radius 1 is 0.328 bits per heavy atom. The molecular weight excluding hydrogens is 793 g/mol. The molecule has 0 amide bonds. The largest absolute Gasteiger partial charge is 0.462 e. The minimum absolute atomic E-state index is 0.125. The fraction of sp³-hybridized carbons (Fsp3) is 0.603. The zero-order valence-corrected chi connectivity index (χ0v) is 41.0. The van der Waals surface area contributed by atoms with E-state index in [0.717, 1.165) is 122 Å². The Labute approximate surface area is 392 Å². The maximum Gasteiger partial charge on any atom is 0.306 e. The van der Waals surface area contributed by atoms with Crippen LogP contribution in [0.5, 0.6) is 0 Å². The standard InChI is InChI=1S/C58H92O6/c1-4-7-10-13-16-19-22-25-27-28-29-30-31-34-36-39-42-45-48-51-57(60)63-54-55(53-62-56(59)50-47-44-41-38-35-32-24-21-18-15-12-9-6-3)64-58(61)52-49-46-43-40-37-33-26-23-20-17-14-11-8-5-2/h7-8,10-11,16-17,19-20,25-27,29-30,32-36,41,44,55H,4-6,9,12-15,18,21-24,28,31,37-40,42-43,45-54H2,1-3H3/b10-7-,11-8-,19-16-,20-17-,27-25-,30-29-,33-26-,35-32-,36-34-,44-41-. The van der Waals surface area contributed by atoms with E-state index in [1.807, 2.05) is 6.08 Å². The molecule has 0 aromatic rings. The maximum absolute atomic E-state index is 12.8. The van der Waals surface area contributed by atoms with Crippen LogP contribution in [-0.4, -0.2) is 37.2 Å². The van der Waals surface area contributed by atoms with E-state index in [2.05, 4.69) is 136 Å². The Hall–Kier alpha value is -4.19. The van der Waals surface area contributed by atoms with E-state index in [1.54, 1.807) is 0 Å². The molecule has 6 heteroatoms. The number of allylic oxidation sites excluding steroid dienone is 20. The van der Waals surface area contributed by atoms with Crippen LogP contribution < -0.4 is 0 Å². The first-order valence-electron chi connectivity index (χ1n) is 25.5. The fourth-order valence-corrected chi connectivity index (χ4v) is 6.42. The summed E-state index contributed by atoms with van der Waals surface area (Å²) < 4.78 is 16.7. The zero-order chi connectivity index (χ0) is 46.5. The van der Waals surface area contributed by atoms with E-state index < -0.39 is 6.10 Å². The van der Waals surface area contributed by atoms with Gasteiger partial charge in [-0.05, 0) is 116 Å². The first kappa shape index (κ1) is 59.8. The van der Waals surface area contributed by atoms with Crippen LogP contribution in [0.15, 0.2) is 122 Å². The van der Waals surface area contributed by atoms with Crippen molar-refractivity contribution in [2.24, 2.45) is 0 Å². The Bertz CT molecular complexity index is 1390. The molecule has 0 heterocycles. The third-order valence-corrected chi connectivity index (χ3v) is 10.2. The zero-order valence-electron chi connectivity index (χ0n) is 41.0. The molecule has 0 saturated heterocycles. The van der Waals surface area contributed by atoms with E-state index in [4.69, 9.17) is 14.2 Å². The van der Waals surface area contributed by atoms with Crippen molar-refractivity contribution in [1.29, 1.82) is 0 Å². The first-order valence-corrected chi connectivity index (χ1v) is 25.5. The van der Waals surface area contributed by atoms with Crippen molar-refractivity contribution in [1.82, 2.24) is 0 Å². The van der Waals surface area contributed by atoms with E-state index >= 15 is 0 Å². The van der Waals surface area contributed by atoms with Gasteiger partial charge in [-0.25, -0.2) is 0 Å². The van der Waals surface area contributed by atoms with Gasteiger partial charge in [-0.1, -0.05) is 194 Å². The molecule has 0 aliphatic rings. The van der Waals surface area contributed by atoms with Crippen LogP contribution in [0.2, 0.25) is 0 Å². The summed E-state index contributed by atoms with van der Waals surface area (Å²) in [5.74, 6) is -1.06. The molecule has 0 spiro atoms. The van der Waals surface area contributed by atoms with Crippen molar-refractivity contribution in [3.8, 4) is 0 Å². The molecule has 6 nitrogen and oxygen atoms in total. The lowest BCUT2D eigenvalue weighted by Crippen LogP contribution is -2.30. The average Bonchev–Trinajstić information content (AvgIpc) is 3.29. The van der Waals surface area contributed by atoms with Gasteiger partial charge in [0.15, 0.2) is 6.10 Å². The lowest BCUT2D eigenvalue weighted by molar-refractivity contribution is -0.166. The highest BCUT2D eigenvalue weighted by atomic mass is 16.6. The molecule has 0 radical (unpaired) electrons. The van der Waals surface area contributed by atoms with Gasteiger partial charge in [0, 0.05) is 19.3 Å². The van der Waals surface area contributed by atoms with Crippen LogP contribution >= 0.6 is 0 Å². The predicted molar refractivity (Wildman–Crippen MR) is 274 cm³/mol. The lowest BCUT2D eigenvalue weighted by Gasteiger charge is -2.18. The Morgan fingerprint density at radius 3 is 1.06 bits per heavy atom. The maximum atomic E-state index is 12.8. The average molecular weight is 885 g/mol. The summed E-state index contributed by atoms with van der Waals surface area (Å²) >= 11 is 0. The smallest absolute Gasteiger partial charge is 0.306 e. The van der Waals surface area contributed by atoms with E-state index in [9.17, 15) is 14.4 Å². The van der Waals surface area contributed by atoms with E-state index in [1.165, 1.54) is 38.5 Å². The molecule has 0 aliphatic carbocycles. The monoisotopic (exact) mass is 885 g/mol. The minimum atomic E-state index is -0.829. The van der Waals surface area contributed by atoms with Crippen LogP contribution in [0.25, 0.3) is 0 Å². The molecule has 1 atom stereocenters. The van der Waals surface area contributed by atoms with Gasteiger partial charge in [0.1, 0.15) is 13.2 Å². The van der Waals surface area contributed by atoms with Crippen molar-refractivity contribution in [3.63, 3.8) is 0 Å². The molecule has 1 unspecified atom stereocenters. The molecule has 360 valence electrons. The number of ether oxygens (including phenoxy) is 3. The summed E-state index contributed by atoms with van der Waals surface area (Å²) in [6.45, 7) is 6.28. The normalized spacial score (nSPS) is 13.1. The lowest BCUT2D eigenvalue weighted by atomic mass is 10.1. The van der Waals surface area contributed by atoms with Gasteiger partial charge in [-0.3, -0.25) is 14.4 Å². The highest BCUT2D eigenvalue weighted by Gasteiger charge is 2.19. The van der Waals surface area contributed by atoms with Crippen LogP contribution in [-0.2, 0) is 28.6 Å². The summed E-state index contributed by atoms with van der Waals surface area (Å²) in [6, 6.07) is 0. The molecule has 0 aromatic heterocycles. The Kier molecular flexibility index (Phi) is 48.1. The summed E-state index contributed by atoms with van der Waals surface area (Å²) in [5, 5.41) is 0. The predicted octanol–water partition coefficient (Wildman–Crippen LogP) is 16.9. The number of esters is 3. The van der Waals surface area contributed by atoms with E-state index in [0.29, 0.717) is 12.8 Å². The second-order valence-electron chi connectivity index (χ2n) is 16.3. The van der Waals surface area contributed by atoms with Crippen LogP contribution in [0, 0.1) is 0 Å². The summed E-state index contributed by atoms with van der Waals surface area (Å²) in [6.07, 6.45) is 70.5. The van der Waals surface area contributed by atoms with Gasteiger partial charge in [0.25, 0.3) is 0 Å². The summed E-state index contributed by atoms with van der Waals surface area (Å²) in [7, 11) is 0. The van der Waals surface area contributed by atoms with Gasteiger partial charge in [0.05, 0.1) is 0 Å². The van der Waals surface area contributed by atoms with Gasteiger partial charge in [-0.2, -0.15) is 0 Å². The van der Waals surface area contributed by atoms with E-state index in [-0.39, 0.29) is 44.0 Å². The number of carbonyl (C=O) groups is 3. The van der Waals surface area contributed by atoms with Crippen molar-refractivity contribution in [2.75, 3.05) is 13.2 Å². The molecule has 0 aliphatic heterocycles. The second-order valence-corrected chi connectivity index (χ2v) is 16.3. The quantitative estimate of drug-likeness (QED) is 0.0262. The fourth-order valence-electron chi connectivity index (χ4n) is 6.42. The molecular formula is C58H92O6. The van der Waals surface area contributed by atoms with Crippen molar-refractivity contribution in [3.05, 3.63) is 122 Å². The SMILES string of the molecule is CC/C=C\C/C=C\C/C=C\C/C=C\C/C=C\CCCCCC(=O)OCC(COC(=O)CC/C=C\C/C=C\CCCCCCCC)OC(=O)CCCCCC/C=C\C/C=C\C/C=C\CC. The molecule has 64 heavy (non-hydrogen) atoms. The molecule has 0 bridgehead atoms. The number of hydrogen-bond donors (Lipinski definition) is 0. The van der Waals surface area contributed by atoms with Crippen molar-refractivity contribution < 1.29 is 28.6 Å². The van der Waals surface area contributed by atoms with Gasteiger partial charge in [-0.15, -0.1) is 0 Å². The van der Waals surface area contributed by atoms with Crippen molar-refractivity contribution in [2.45, 2.75) is 213 Å². The number of unbranched alkanes of at least 4 members (excludes halogenated alkanes) is 13. The number of carbonyl (C=O) groups excluding carboxylic acids is 3. The minimum Gasteiger partial charge on any atom is -0.462 e. The van der Waals surface area contributed by atoms with Crippen molar-refractivity contribution >= 4 is 17.9 Å².